The standard InChI is InChI=1S/C10H17N3O2/c11-8(14)5-13-10(15)9-7-3-1-2-6(7)4-12-9/h6-7,9,12H,1-5H2,(H2,11,14)(H,13,15). The van der Waals surface area contributed by atoms with Crippen molar-refractivity contribution in [3.8, 4) is 0 Å². The summed E-state index contributed by atoms with van der Waals surface area (Å²) in [5.74, 6) is 0.528. The fraction of sp³-hybridized carbons (Fsp3) is 0.800. The van der Waals surface area contributed by atoms with Crippen LogP contribution in [-0.4, -0.2) is 30.9 Å². The van der Waals surface area contributed by atoms with Crippen LogP contribution in [0.25, 0.3) is 0 Å². The van der Waals surface area contributed by atoms with Gasteiger partial charge in [0.1, 0.15) is 0 Å². The molecule has 0 radical (unpaired) electrons. The second-order valence-electron chi connectivity index (χ2n) is 4.42. The molecule has 2 fully saturated rings. The number of amides is 2. The molecule has 2 aliphatic rings. The molecule has 15 heavy (non-hydrogen) atoms. The first-order valence-corrected chi connectivity index (χ1v) is 5.48. The highest BCUT2D eigenvalue weighted by Crippen LogP contribution is 2.37. The lowest BCUT2D eigenvalue weighted by Crippen LogP contribution is -2.46. The Morgan fingerprint density at radius 3 is 2.93 bits per heavy atom. The first-order valence-electron chi connectivity index (χ1n) is 5.48. The molecule has 0 spiro atoms. The Morgan fingerprint density at radius 1 is 1.40 bits per heavy atom. The van der Waals surface area contributed by atoms with Crippen molar-refractivity contribution in [3.63, 3.8) is 0 Å². The van der Waals surface area contributed by atoms with Gasteiger partial charge < -0.3 is 16.4 Å². The Balaban J connectivity index is 1.87. The molecule has 2 amide bonds. The normalized spacial score (nSPS) is 33.7. The zero-order valence-electron chi connectivity index (χ0n) is 8.66. The minimum absolute atomic E-state index is 0.0611. The average Bonchev–Trinajstić information content (AvgIpc) is 2.74. The molecule has 1 aliphatic heterocycles. The van der Waals surface area contributed by atoms with E-state index in [0.29, 0.717) is 11.8 Å². The van der Waals surface area contributed by atoms with Crippen molar-refractivity contribution in [2.75, 3.05) is 13.1 Å². The summed E-state index contributed by atoms with van der Waals surface area (Å²) in [5.41, 5.74) is 4.97. The molecule has 5 heteroatoms. The zero-order chi connectivity index (χ0) is 10.8. The summed E-state index contributed by atoms with van der Waals surface area (Å²) in [6.45, 7) is 0.869. The number of rotatable bonds is 3. The van der Waals surface area contributed by atoms with Crippen molar-refractivity contribution in [1.82, 2.24) is 10.6 Å². The van der Waals surface area contributed by atoms with E-state index in [1.807, 2.05) is 0 Å². The van der Waals surface area contributed by atoms with E-state index in [9.17, 15) is 9.59 Å². The van der Waals surface area contributed by atoms with Crippen LogP contribution in [0.5, 0.6) is 0 Å². The van der Waals surface area contributed by atoms with Gasteiger partial charge in [-0.1, -0.05) is 6.42 Å². The van der Waals surface area contributed by atoms with Crippen molar-refractivity contribution < 1.29 is 9.59 Å². The summed E-state index contributed by atoms with van der Waals surface area (Å²) < 4.78 is 0. The van der Waals surface area contributed by atoms with Gasteiger partial charge in [-0.2, -0.15) is 0 Å². The lowest BCUT2D eigenvalue weighted by molar-refractivity contribution is -0.126. The van der Waals surface area contributed by atoms with Crippen LogP contribution in [0.4, 0.5) is 0 Å². The van der Waals surface area contributed by atoms with E-state index in [1.54, 1.807) is 0 Å². The summed E-state index contributed by atoms with van der Waals surface area (Å²) in [5, 5.41) is 5.78. The Labute approximate surface area is 88.8 Å². The molecule has 1 saturated heterocycles. The topological polar surface area (TPSA) is 84.2 Å². The minimum Gasteiger partial charge on any atom is -0.368 e. The minimum atomic E-state index is -0.496. The van der Waals surface area contributed by atoms with Gasteiger partial charge in [-0.3, -0.25) is 9.59 Å². The molecule has 0 aromatic carbocycles. The number of nitrogens with one attached hydrogen (secondary N) is 2. The largest absolute Gasteiger partial charge is 0.368 e. The van der Waals surface area contributed by atoms with Crippen molar-refractivity contribution >= 4 is 11.8 Å². The molecule has 0 bridgehead atoms. The fourth-order valence-corrected chi connectivity index (χ4v) is 2.76. The van der Waals surface area contributed by atoms with Crippen molar-refractivity contribution in [2.45, 2.75) is 25.3 Å². The number of fused-ring (bicyclic) bond motifs is 1. The molecule has 84 valence electrons. The van der Waals surface area contributed by atoms with Crippen LogP contribution < -0.4 is 16.4 Å². The summed E-state index contributed by atoms with van der Waals surface area (Å²) in [6.07, 6.45) is 3.56. The number of carbonyl (C=O) groups excluding carboxylic acids is 2. The van der Waals surface area contributed by atoms with Crippen LogP contribution in [0.1, 0.15) is 19.3 Å². The summed E-state index contributed by atoms with van der Waals surface area (Å²) in [6, 6.07) is -0.114. The second kappa shape index (κ2) is 4.18. The maximum Gasteiger partial charge on any atom is 0.237 e. The van der Waals surface area contributed by atoms with Crippen LogP contribution in [0, 0.1) is 11.8 Å². The van der Waals surface area contributed by atoms with Gasteiger partial charge in [0.25, 0.3) is 0 Å². The van der Waals surface area contributed by atoms with E-state index < -0.39 is 5.91 Å². The highest BCUT2D eigenvalue weighted by Gasteiger charge is 2.42. The first-order chi connectivity index (χ1) is 7.18. The van der Waals surface area contributed by atoms with Gasteiger partial charge in [-0.15, -0.1) is 0 Å². The van der Waals surface area contributed by atoms with Crippen LogP contribution in [0.15, 0.2) is 0 Å². The third-order valence-corrected chi connectivity index (χ3v) is 3.47. The predicted octanol–water partition coefficient (Wildman–Crippen LogP) is -1.02. The molecular weight excluding hydrogens is 194 g/mol. The lowest BCUT2D eigenvalue weighted by Gasteiger charge is -2.16. The van der Waals surface area contributed by atoms with Crippen molar-refractivity contribution in [2.24, 2.45) is 17.6 Å². The Bertz CT molecular complexity index is 280. The quantitative estimate of drug-likeness (QED) is 0.558. The van der Waals surface area contributed by atoms with Gasteiger partial charge in [0.05, 0.1) is 12.6 Å². The molecule has 3 atom stereocenters. The van der Waals surface area contributed by atoms with Crippen LogP contribution in [-0.2, 0) is 9.59 Å². The number of carbonyl (C=O) groups is 2. The van der Waals surface area contributed by atoms with Crippen molar-refractivity contribution in [1.29, 1.82) is 0 Å². The summed E-state index contributed by atoms with van der Waals surface area (Å²) >= 11 is 0. The monoisotopic (exact) mass is 211 g/mol. The van der Waals surface area contributed by atoms with Crippen LogP contribution >= 0.6 is 0 Å². The summed E-state index contributed by atoms with van der Waals surface area (Å²) in [7, 11) is 0. The first kappa shape index (κ1) is 10.4. The highest BCUT2D eigenvalue weighted by atomic mass is 16.2. The molecule has 4 N–H and O–H groups in total. The van der Waals surface area contributed by atoms with Gasteiger partial charge in [0, 0.05) is 0 Å². The van der Waals surface area contributed by atoms with Gasteiger partial charge in [-0.05, 0) is 31.2 Å². The predicted molar refractivity (Wildman–Crippen MR) is 54.8 cm³/mol. The smallest absolute Gasteiger partial charge is 0.237 e. The Morgan fingerprint density at radius 2 is 2.20 bits per heavy atom. The second-order valence-corrected chi connectivity index (χ2v) is 4.42. The van der Waals surface area contributed by atoms with E-state index in [2.05, 4.69) is 10.6 Å². The fourth-order valence-electron chi connectivity index (χ4n) is 2.76. The maximum atomic E-state index is 11.7. The van der Waals surface area contributed by atoms with Gasteiger partial charge in [-0.25, -0.2) is 0 Å². The average molecular weight is 211 g/mol. The van der Waals surface area contributed by atoms with E-state index in [0.717, 1.165) is 13.0 Å². The van der Waals surface area contributed by atoms with E-state index in [-0.39, 0.29) is 18.5 Å². The molecule has 1 saturated carbocycles. The SMILES string of the molecule is NC(=O)CNC(=O)C1NCC2CCCC21. The molecule has 2 rings (SSSR count). The third-order valence-electron chi connectivity index (χ3n) is 3.47. The molecule has 0 aromatic heterocycles. The van der Waals surface area contributed by atoms with E-state index >= 15 is 0 Å². The molecule has 0 aromatic rings. The Hall–Kier alpha value is -1.10. The van der Waals surface area contributed by atoms with Gasteiger partial charge in [0.15, 0.2) is 0 Å². The van der Waals surface area contributed by atoms with E-state index in [1.165, 1.54) is 12.8 Å². The maximum absolute atomic E-state index is 11.7. The third kappa shape index (κ3) is 2.12. The zero-order valence-corrected chi connectivity index (χ0v) is 8.66. The number of hydrogen-bond acceptors (Lipinski definition) is 3. The molecule has 3 unspecified atom stereocenters. The lowest BCUT2D eigenvalue weighted by atomic mass is 9.94. The summed E-state index contributed by atoms with van der Waals surface area (Å²) in [4.78, 5) is 22.2. The van der Waals surface area contributed by atoms with Crippen LogP contribution in [0.3, 0.4) is 0 Å². The highest BCUT2D eigenvalue weighted by molar-refractivity contribution is 5.87. The number of primary amides is 1. The molecular formula is C10H17N3O2. The van der Waals surface area contributed by atoms with Crippen LogP contribution in [0.2, 0.25) is 0 Å². The number of nitrogens with two attached hydrogens (primary N) is 1. The Kier molecular flexibility index (Phi) is 2.90. The molecule has 1 heterocycles. The molecule has 1 aliphatic carbocycles. The van der Waals surface area contributed by atoms with E-state index in [4.69, 9.17) is 5.73 Å². The van der Waals surface area contributed by atoms with Gasteiger partial charge >= 0.3 is 0 Å². The van der Waals surface area contributed by atoms with Gasteiger partial charge in [0.2, 0.25) is 11.8 Å². The van der Waals surface area contributed by atoms with Crippen molar-refractivity contribution in [3.05, 3.63) is 0 Å². The number of hydrogen-bond donors (Lipinski definition) is 3. The molecule has 5 nitrogen and oxygen atoms in total.